The van der Waals surface area contributed by atoms with E-state index >= 15 is 0 Å². The summed E-state index contributed by atoms with van der Waals surface area (Å²) in [7, 11) is -9.11. The van der Waals surface area contributed by atoms with Crippen LogP contribution in [-0.4, -0.2) is 67.8 Å². The van der Waals surface area contributed by atoms with Crippen LogP contribution in [-0.2, 0) is 29.8 Å². The third-order valence-corrected chi connectivity index (χ3v) is 3.74. The highest BCUT2D eigenvalue weighted by molar-refractivity contribution is 7.86. The number of amides is 1. The number of carbonyl (C=O) groups excluding carboxylic acids is 2. The smallest absolute Gasteiger partial charge is 0.267 e. The summed E-state index contributed by atoms with van der Waals surface area (Å²) in [4.78, 5) is 23.1. The van der Waals surface area contributed by atoms with E-state index in [2.05, 4.69) is 0 Å². The van der Waals surface area contributed by atoms with Crippen LogP contribution in [0, 0.1) is 0 Å². The second-order valence-corrected chi connectivity index (χ2v) is 7.16. The van der Waals surface area contributed by atoms with Gasteiger partial charge in [-0.1, -0.05) is 0 Å². The molecule has 0 aromatic heterocycles. The van der Waals surface area contributed by atoms with Gasteiger partial charge in [-0.05, 0) is 6.54 Å². The van der Waals surface area contributed by atoms with Crippen molar-refractivity contribution >= 4 is 31.9 Å². The van der Waals surface area contributed by atoms with Crippen LogP contribution in [0.3, 0.4) is 0 Å². The molecule has 0 rings (SSSR count). The van der Waals surface area contributed by atoms with Gasteiger partial charge < -0.3 is 16.8 Å². The maximum Gasteiger partial charge on any atom is 0.267 e. The highest BCUT2D eigenvalue weighted by Crippen LogP contribution is 1.98. The lowest BCUT2D eigenvalue weighted by atomic mass is 10.1. The van der Waals surface area contributed by atoms with Crippen molar-refractivity contribution in [2.75, 3.05) is 18.1 Å². The second-order valence-electron chi connectivity index (χ2n) is 4.17. The fraction of sp³-hybridized carbons (Fsp3) is 0.750. The topological polar surface area (TPSA) is 207 Å². The van der Waals surface area contributed by atoms with Crippen molar-refractivity contribution in [2.45, 2.75) is 18.5 Å². The molecule has 0 aliphatic carbocycles. The van der Waals surface area contributed by atoms with Gasteiger partial charge in [0, 0.05) is 6.42 Å². The molecule has 11 nitrogen and oxygen atoms in total. The number of nitrogens with two attached hydrogens (primary N) is 2. The quantitative estimate of drug-likeness (QED) is 0.260. The first-order valence-corrected chi connectivity index (χ1v) is 8.76. The minimum absolute atomic E-state index is 0.117. The van der Waals surface area contributed by atoms with E-state index in [1.54, 1.807) is 0 Å². The average molecular weight is 347 g/mol. The summed E-state index contributed by atoms with van der Waals surface area (Å²) in [5.41, 5.74) is 10.3. The molecule has 0 saturated carbocycles. The molecule has 0 aromatic carbocycles. The number of carbonyl (C=O) groups is 2. The minimum Gasteiger partial charge on any atom is -0.344 e. The second kappa shape index (κ2) is 7.77. The molecule has 124 valence electrons. The molecule has 21 heavy (non-hydrogen) atoms. The number of hydrogen-bond donors (Lipinski definition) is 5. The summed E-state index contributed by atoms with van der Waals surface area (Å²) in [5, 5.41) is 1.90. The molecule has 2 unspecified atom stereocenters. The molecule has 0 spiro atoms. The van der Waals surface area contributed by atoms with Gasteiger partial charge >= 0.3 is 0 Å². The van der Waals surface area contributed by atoms with Crippen LogP contribution in [0.4, 0.5) is 0 Å². The van der Waals surface area contributed by atoms with Gasteiger partial charge in [-0.15, -0.1) is 0 Å². The monoisotopic (exact) mass is 347 g/mol. The number of ketones is 1. The van der Waals surface area contributed by atoms with E-state index in [0.717, 1.165) is 0 Å². The van der Waals surface area contributed by atoms with Gasteiger partial charge in [0.1, 0.15) is 17.8 Å². The van der Waals surface area contributed by atoms with E-state index in [-0.39, 0.29) is 13.0 Å². The van der Waals surface area contributed by atoms with Crippen LogP contribution >= 0.6 is 0 Å². The Kier molecular flexibility index (Phi) is 7.35. The van der Waals surface area contributed by atoms with Crippen LogP contribution in [0.2, 0.25) is 0 Å². The molecule has 0 saturated heterocycles. The van der Waals surface area contributed by atoms with Gasteiger partial charge in [-0.3, -0.25) is 18.7 Å². The zero-order chi connectivity index (χ0) is 16.8. The van der Waals surface area contributed by atoms with Crippen molar-refractivity contribution in [1.82, 2.24) is 5.32 Å². The van der Waals surface area contributed by atoms with Crippen LogP contribution < -0.4 is 16.8 Å². The molecule has 7 N–H and O–H groups in total. The molecular formula is C8H17N3O8S2. The predicted octanol–water partition coefficient (Wildman–Crippen LogP) is -3.51. The lowest BCUT2D eigenvalue weighted by Gasteiger charge is -2.18. The van der Waals surface area contributed by atoms with Crippen molar-refractivity contribution in [2.24, 2.45) is 11.5 Å². The van der Waals surface area contributed by atoms with E-state index in [0.29, 0.717) is 0 Å². The van der Waals surface area contributed by atoms with Crippen molar-refractivity contribution in [1.29, 1.82) is 0 Å². The van der Waals surface area contributed by atoms with E-state index in [9.17, 15) is 26.4 Å². The van der Waals surface area contributed by atoms with Gasteiger partial charge in [0.2, 0.25) is 5.91 Å². The molecule has 0 radical (unpaired) electrons. The first-order chi connectivity index (χ1) is 9.35. The first kappa shape index (κ1) is 19.9. The highest BCUT2D eigenvalue weighted by Gasteiger charge is 2.28. The Morgan fingerprint density at radius 2 is 1.52 bits per heavy atom. The van der Waals surface area contributed by atoms with Crippen LogP contribution in [0.1, 0.15) is 6.42 Å². The highest BCUT2D eigenvalue weighted by atomic mass is 32.2. The normalized spacial score (nSPS) is 15.2. The summed E-state index contributed by atoms with van der Waals surface area (Å²) in [6, 6.07) is -3.34. The Hall–Kier alpha value is -1.12. The van der Waals surface area contributed by atoms with Gasteiger partial charge in [0.05, 0.1) is 5.75 Å². The summed E-state index contributed by atoms with van der Waals surface area (Å²) >= 11 is 0. The van der Waals surface area contributed by atoms with Gasteiger partial charge in [0.15, 0.2) is 5.78 Å². The van der Waals surface area contributed by atoms with Crippen molar-refractivity contribution in [3.8, 4) is 0 Å². The third kappa shape index (κ3) is 9.43. The standard InChI is InChI=1S/C8H17N3O8S2/c9-2-1-7(12)6(4-21(17,18)19)11-8(13)5(10)3-20(14,15)16/h5-6H,1-4,9-10H2,(H,11,13)(H,14,15,16)(H,17,18,19). The third-order valence-electron chi connectivity index (χ3n) is 2.20. The molecule has 0 fully saturated rings. The van der Waals surface area contributed by atoms with E-state index in [1.165, 1.54) is 0 Å². The molecule has 0 aromatic rings. The fourth-order valence-electron chi connectivity index (χ4n) is 1.32. The molecule has 0 bridgehead atoms. The summed E-state index contributed by atoms with van der Waals surface area (Å²) < 4.78 is 60.0. The molecule has 0 aliphatic heterocycles. The van der Waals surface area contributed by atoms with Crippen molar-refractivity contribution < 1.29 is 35.5 Å². The van der Waals surface area contributed by atoms with Crippen molar-refractivity contribution in [3.05, 3.63) is 0 Å². The summed E-state index contributed by atoms with van der Waals surface area (Å²) in [5.74, 6) is -4.16. The lowest BCUT2D eigenvalue weighted by molar-refractivity contribution is -0.127. The van der Waals surface area contributed by atoms with Crippen LogP contribution in [0.15, 0.2) is 0 Å². The Bertz CT molecular complexity index is 585. The molecule has 2 atom stereocenters. The average Bonchev–Trinajstić information content (AvgIpc) is 2.24. The largest absolute Gasteiger partial charge is 0.344 e. The first-order valence-electron chi connectivity index (χ1n) is 5.55. The molecule has 13 heteroatoms. The van der Waals surface area contributed by atoms with E-state index < -0.39 is 55.5 Å². The number of rotatable bonds is 9. The SMILES string of the molecule is NCCC(=O)C(CS(=O)(=O)O)NC(=O)C(N)CS(=O)(=O)O. The van der Waals surface area contributed by atoms with Crippen LogP contribution in [0.5, 0.6) is 0 Å². The van der Waals surface area contributed by atoms with Gasteiger partial charge in [0.25, 0.3) is 20.2 Å². The molecule has 0 aliphatic rings. The zero-order valence-electron chi connectivity index (χ0n) is 10.8. The lowest BCUT2D eigenvalue weighted by Crippen LogP contribution is -2.53. The number of nitrogens with one attached hydrogen (secondary N) is 1. The fourth-order valence-corrected chi connectivity index (χ4v) is 2.62. The maximum atomic E-state index is 11.6. The van der Waals surface area contributed by atoms with Gasteiger partial charge in [-0.2, -0.15) is 16.8 Å². The summed E-state index contributed by atoms with van der Waals surface area (Å²) in [6.45, 7) is -0.117. The Balaban J connectivity index is 4.96. The van der Waals surface area contributed by atoms with Crippen molar-refractivity contribution in [3.63, 3.8) is 0 Å². The zero-order valence-corrected chi connectivity index (χ0v) is 12.4. The number of Topliss-reactive ketones (excluding diaryl/α,β-unsaturated/α-hetero) is 1. The van der Waals surface area contributed by atoms with Gasteiger partial charge in [-0.25, -0.2) is 0 Å². The number of hydrogen-bond acceptors (Lipinski definition) is 8. The predicted molar refractivity (Wildman–Crippen MR) is 71.4 cm³/mol. The Morgan fingerprint density at radius 1 is 1.05 bits per heavy atom. The Morgan fingerprint density at radius 3 is 1.90 bits per heavy atom. The van der Waals surface area contributed by atoms with E-state index in [1.807, 2.05) is 5.32 Å². The molecular weight excluding hydrogens is 330 g/mol. The Labute approximate surface area is 121 Å². The minimum atomic E-state index is -4.58. The summed E-state index contributed by atoms with van der Waals surface area (Å²) in [6.07, 6.45) is -0.270. The maximum absolute atomic E-state index is 11.6. The molecule has 1 amide bonds. The molecule has 0 heterocycles. The van der Waals surface area contributed by atoms with Crippen LogP contribution in [0.25, 0.3) is 0 Å². The van der Waals surface area contributed by atoms with E-state index in [4.69, 9.17) is 20.6 Å².